The number of piperazine rings is 1. The van der Waals surface area contributed by atoms with Gasteiger partial charge in [-0.1, -0.05) is 12.1 Å². The largest absolute Gasteiger partial charge is 0.491 e. The van der Waals surface area contributed by atoms with Gasteiger partial charge in [-0.25, -0.2) is 0 Å². The van der Waals surface area contributed by atoms with Crippen LogP contribution in [0.15, 0.2) is 18.2 Å². The van der Waals surface area contributed by atoms with Gasteiger partial charge in [-0.2, -0.15) is 5.26 Å². The third kappa shape index (κ3) is 2.07. The summed E-state index contributed by atoms with van der Waals surface area (Å²) in [6, 6.07) is 8.08. The van der Waals surface area contributed by atoms with Gasteiger partial charge in [0.2, 0.25) is 0 Å². The molecule has 2 heterocycles. The number of hydrogen-bond acceptors (Lipinski definition) is 4. The smallest absolute Gasteiger partial charge is 0.140 e. The van der Waals surface area contributed by atoms with E-state index in [9.17, 15) is 0 Å². The van der Waals surface area contributed by atoms with E-state index < -0.39 is 0 Å². The summed E-state index contributed by atoms with van der Waals surface area (Å²) in [5.41, 5.74) is 1.86. The number of nitrogens with one attached hydrogen (secondary N) is 1. The van der Waals surface area contributed by atoms with E-state index in [1.54, 1.807) is 0 Å². The van der Waals surface area contributed by atoms with Crippen molar-refractivity contribution in [2.45, 2.75) is 5.92 Å². The number of para-hydroxylation sites is 1. The van der Waals surface area contributed by atoms with E-state index >= 15 is 0 Å². The minimum absolute atomic E-state index is 0.409. The molecule has 1 saturated heterocycles. The average Bonchev–Trinajstić information content (AvgIpc) is 2.83. The molecule has 1 aromatic carbocycles. The lowest BCUT2D eigenvalue weighted by molar-refractivity contribution is 0.211. The van der Waals surface area contributed by atoms with E-state index in [1.807, 2.05) is 12.1 Å². The Morgan fingerprint density at radius 3 is 3.00 bits per heavy atom. The molecule has 0 saturated carbocycles. The van der Waals surface area contributed by atoms with E-state index in [1.165, 1.54) is 5.56 Å². The number of benzene rings is 1. The Kier molecular flexibility index (Phi) is 3.18. The van der Waals surface area contributed by atoms with Gasteiger partial charge in [0.15, 0.2) is 0 Å². The predicted molar refractivity (Wildman–Crippen MR) is 68.7 cm³/mol. The first-order valence-corrected chi connectivity index (χ1v) is 6.47. The molecule has 0 bridgehead atoms. The van der Waals surface area contributed by atoms with Crippen molar-refractivity contribution in [3.8, 4) is 11.8 Å². The molecule has 18 heavy (non-hydrogen) atoms. The third-order valence-electron chi connectivity index (χ3n) is 3.72. The van der Waals surface area contributed by atoms with E-state index in [0.29, 0.717) is 18.1 Å². The summed E-state index contributed by atoms with van der Waals surface area (Å²) in [7, 11) is 0. The van der Waals surface area contributed by atoms with E-state index in [2.05, 4.69) is 22.4 Å². The Labute approximate surface area is 107 Å². The molecule has 0 aliphatic carbocycles. The molecular weight excluding hydrogens is 226 g/mol. The zero-order valence-electron chi connectivity index (χ0n) is 10.4. The first-order chi connectivity index (χ1) is 8.88. The Bertz CT molecular complexity index is 474. The molecule has 1 atom stereocenters. The lowest BCUT2D eigenvalue weighted by atomic mass is 9.98. The van der Waals surface area contributed by atoms with Crippen LogP contribution in [0.5, 0.6) is 5.75 Å². The first kappa shape index (κ1) is 11.5. The quantitative estimate of drug-likeness (QED) is 0.840. The van der Waals surface area contributed by atoms with Crippen LogP contribution in [-0.4, -0.2) is 44.2 Å². The normalized spacial score (nSPS) is 23.2. The molecule has 4 heteroatoms. The molecule has 0 aromatic heterocycles. The molecular formula is C14H17N3O. The molecule has 0 amide bonds. The van der Waals surface area contributed by atoms with Crippen molar-refractivity contribution < 1.29 is 4.74 Å². The lowest BCUT2D eigenvalue weighted by Crippen LogP contribution is -2.45. The van der Waals surface area contributed by atoms with Crippen LogP contribution < -0.4 is 10.1 Å². The highest BCUT2D eigenvalue weighted by atomic mass is 16.5. The summed E-state index contributed by atoms with van der Waals surface area (Å²) >= 11 is 0. The molecule has 1 N–H and O–H groups in total. The van der Waals surface area contributed by atoms with Gasteiger partial charge in [0.25, 0.3) is 0 Å². The Hall–Kier alpha value is -1.57. The van der Waals surface area contributed by atoms with Gasteiger partial charge >= 0.3 is 0 Å². The molecule has 4 nitrogen and oxygen atoms in total. The second-order valence-electron chi connectivity index (χ2n) is 4.89. The molecule has 0 radical (unpaired) electrons. The SMILES string of the molecule is N#Cc1cccc2c1OC[C@@H]2CN1CCNCC1. The monoisotopic (exact) mass is 243 g/mol. The summed E-state index contributed by atoms with van der Waals surface area (Å²) in [5.74, 6) is 1.21. The van der Waals surface area contributed by atoms with Crippen molar-refractivity contribution in [2.24, 2.45) is 0 Å². The lowest BCUT2D eigenvalue weighted by Gasteiger charge is -2.29. The van der Waals surface area contributed by atoms with Crippen molar-refractivity contribution in [1.82, 2.24) is 10.2 Å². The highest BCUT2D eigenvalue weighted by Gasteiger charge is 2.28. The summed E-state index contributed by atoms with van der Waals surface area (Å²) in [6.45, 7) is 6.08. The molecule has 0 spiro atoms. The fourth-order valence-electron chi connectivity index (χ4n) is 2.76. The van der Waals surface area contributed by atoms with Crippen LogP contribution in [0.1, 0.15) is 17.0 Å². The van der Waals surface area contributed by atoms with Crippen LogP contribution in [0.3, 0.4) is 0 Å². The molecule has 2 aliphatic heterocycles. The number of nitriles is 1. The third-order valence-corrected chi connectivity index (χ3v) is 3.72. The molecule has 3 rings (SSSR count). The highest BCUT2D eigenvalue weighted by molar-refractivity contribution is 5.52. The maximum atomic E-state index is 9.06. The molecule has 0 unspecified atom stereocenters. The van der Waals surface area contributed by atoms with Crippen molar-refractivity contribution in [3.63, 3.8) is 0 Å². The fraction of sp³-hybridized carbons (Fsp3) is 0.500. The maximum absolute atomic E-state index is 9.06. The second-order valence-corrected chi connectivity index (χ2v) is 4.89. The van der Waals surface area contributed by atoms with Gasteiger partial charge in [0.1, 0.15) is 11.8 Å². The van der Waals surface area contributed by atoms with Crippen molar-refractivity contribution in [2.75, 3.05) is 39.3 Å². The van der Waals surface area contributed by atoms with Crippen LogP contribution in [0.4, 0.5) is 0 Å². The minimum Gasteiger partial charge on any atom is -0.491 e. The van der Waals surface area contributed by atoms with Crippen molar-refractivity contribution >= 4 is 0 Å². The molecule has 2 aliphatic rings. The minimum atomic E-state index is 0.409. The zero-order chi connectivity index (χ0) is 12.4. The van der Waals surface area contributed by atoms with E-state index in [-0.39, 0.29) is 0 Å². The Morgan fingerprint density at radius 2 is 2.22 bits per heavy atom. The summed E-state index contributed by atoms with van der Waals surface area (Å²) in [4.78, 5) is 2.47. The van der Waals surface area contributed by atoms with Gasteiger partial charge in [0, 0.05) is 44.2 Å². The topological polar surface area (TPSA) is 48.3 Å². The van der Waals surface area contributed by atoms with Gasteiger partial charge in [-0.3, -0.25) is 0 Å². The van der Waals surface area contributed by atoms with Gasteiger partial charge < -0.3 is 15.0 Å². The van der Waals surface area contributed by atoms with Crippen LogP contribution in [0, 0.1) is 11.3 Å². The number of hydrogen-bond donors (Lipinski definition) is 1. The Balaban J connectivity index is 1.76. The first-order valence-electron chi connectivity index (χ1n) is 6.47. The highest BCUT2D eigenvalue weighted by Crippen LogP contribution is 2.36. The van der Waals surface area contributed by atoms with Crippen LogP contribution in [0.2, 0.25) is 0 Å². The molecule has 1 aromatic rings. The number of nitrogens with zero attached hydrogens (tertiary/aromatic N) is 2. The summed E-state index contributed by atoms with van der Waals surface area (Å²) < 4.78 is 5.71. The Morgan fingerprint density at radius 1 is 1.39 bits per heavy atom. The maximum Gasteiger partial charge on any atom is 0.140 e. The van der Waals surface area contributed by atoms with Crippen LogP contribution in [0.25, 0.3) is 0 Å². The summed E-state index contributed by atoms with van der Waals surface area (Å²) in [6.07, 6.45) is 0. The zero-order valence-corrected chi connectivity index (χ0v) is 10.4. The number of ether oxygens (including phenoxy) is 1. The van der Waals surface area contributed by atoms with Crippen LogP contribution in [-0.2, 0) is 0 Å². The van der Waals surface area contributed by atoms with E-state index in [4.69, 9.17) is 10.00 Å². The van der Waals surface area contributed by atoms with E-state index in [0.717, 1.165) is 38.5 Å². The van der Waals surface area contributed by atoms with Gasteiger partial charge in [0.05, 0.1) is 12.2 Å². The second kappa shape index (κ2) is 4.97. The number of fused-ring (bicyclic) bond motifs is 1. The van der Waals surface area contributed by atoms with Gasteiger partial charge in [-0.05, 0) is 6.07 Å². The van der Waals surface area contributed by atoms with Crippen LogP contribution >= 0.6 is 0 Å². The van der Waals surface area contributed by atoms with Crippen molar-refractivity contribution in [1.29, 1.82) is 5.26 Å². The standard InChI is InChI=1S/C14H17N3O/c15-8-11-2-1-3-13-12(10-18-14(11)13)9-17-6-4-16-5-7-17/h1-3,12,16H,4-7,9-10H2/t12-/m0/s1. The molecule has 1 fully saturated rings. The molecule has 94 valence electrons. The van der Waals surface area contributed by atoms with Crippen molar-refractivity contribution in [3.05, 3.63) is 29.3 Å². The summed E-state index contributed by atoms with van der Waals surface area (Å²) in [5, 5.41) is 12.4. The fourth-order valence-corrected chi connectivity index (χ4v) is 2.76. The number of rotatable bonds is 2. The van der Waals surface area contributed by atoms with Gasteiger partial charge in [-0.15, -0.1) is 0 Å². The predicted octanol–water partition coefficient (Wildman–Crippen LogP) is 0.939. The average molecular weight is 243 g/mol.